The van der Waals surface area contributed by atoms with E-state index in [0.717, 1.165) is 48.0 Å². The van der Waals surface area contributed by atoms with Gasteiger partial charge in [0.1, 0.15) is 5.01 Å². The van der Waals surface area contributed by atoms with Crippen molar-refractivity contribution < 1.29 is 9.53 Å². The minimum atomic E-state index is -0.0901. The molecule has 1 N–H and O–H groups in total. The van der Waals surface area contributed by atoms with Gasteiger partial charge in [0, 0.05) is 36.0 Å². The van der Waals surface area contributed by atoms with Gasteiger partial charge in [0.15, 0.2) is 5.13 Å². The third kappa shape index (κ3) is 5.98. The highest BCUT2D eigenvalue weighted by Crippen LogP contribution is 2.25. The van der Waals surface area contributed by atoms with E-state index in [0.29, 0.717) is 5.13 Å². The molecule has 164 valence electrons. The monoisotopic (exact) mass is 456 g/mol. The van der Waals surface area contributed by atoms with Crippen LogP contribution in [0.4, 0.5) is 5.13 Å². The summed E-state index contributed by atoms with van der Waals surface area (Å²) in [5, 5.41) is 8.47. The van der Waals surface area contributed by atoms with Crippen LogP contribution in [0.5, 0.6) is 0 Å². The van der Waals surface area contributed by atoms with Crippen molar-refractivity contribution in [1.29, 1.82) is 0 Å². The summed E-state index contributed by atoms with van der Waals surface area (Å²) >= 11 is 3.03. The number of anilines is 1. The Bertz CT molecular complexity index is 1000. The maximum absolute atomic E-state index is 12.5. The molecular formula is C23H28N4O2S2. The Morgan fingerprint density at radius 1 is 1.10 bits per heavy atom. The lowest BCUT2D eigenvalue weighted by molar-refractivity contribution is -0.115. The maximum Gasteiger partial charge on any atom is 0.232 e. The SMILES string of the molecule is CCc1ccc(-c2nc(CC(=O)Nc3nc(CN4CC(C)OC(C)C4)cs3)cs2)cc1. The highest BCUT2D eigenvalue weighted by molar-refractivity contribution is 7.14. The van der Waals surface area contributed by atoms with Gasteiger partial charge < -0.3 is 10.1 Å². The molecule has 4 rings (SSSR count). The van der Waals surface area contributed by atoms with E-state index in [2.05, 4.69) is 65.2 Å². The predicted octanol–water partition coefficient (Wildman–Crippen LogP) is 4.62. The summed E-state index contributed by atoms with van der Waals surface area (Å²) in [7, 11) is 0. The van der Waals surface area contributed by atoms with Crippen molar-refractivity contribution in [3.05, 3.63) is 52.0 Å². The van der Waals surface area contributed by atoms with Crippen molar-refractivity contribution in [3.63, 3.8) is 0 Å². The van der Waals surface area contributed by atoms with E-state index in [1.807, 2.05) is 10.8 Å². The van der Waals surface area contributed by atoms with Crippen LogP contribution < -0.4 is 5.32 Å². The summed E-state index contributed by atoms with van der Waals surface area (Å²) in [6.45, 7) is 8.91. The van der Waals surface area contributed by atoms with Crippen molar-refractivity contribution in [2.75, 3.05) is 18.4 Å². The highest BCUT2D eigenvalue weighted by Gasteiger charge is 2.23. The first-order valence-electron chi connectivity index (χ1n) is 10.6. The Labute approximate surface area is 191 Å². The molecule has 0 saturated carbocycles. The molecule has 1 fully saturated rings. The van der Waals surface area contributed by atoms with Crippen molar-refractivity contribution in [3.8, 4) is 10.6 Å². The number of ether oxygens (including phenoxy) is 1. The van der Waals surface area contributed by atoms with Crippen LogP contribution >= 0.6 is 22.7 Å². The number of benzene rings is 1. The first kappa shape index (κ1) is 22.1. The van der Waals surface area contributed by atoms with Gasteiger partial charge in [-0.2, -0.15) is 0 Å². The van der Waals surface area contributed by atoms with Crippen LogP contribution in [0.25, 0.3) is 10.6 Å². The van der Waals surface area contributed by atoms with Crippen LogP contribution in [0.3, 0.4) is 0 Å². The number of nitrogens with zero attached hydrogens (tertiary/aromatic N) is 3. The molecule has 2 atom stereocenters. The Morgan fingerprint density at radius 3 is 2.52 bits per heavy atom. The second-order valence-corrected chi connectivity index (χ2v) is 9.73. The lowest BCUT2D eigenvalue weighted by Crippen LogP contribution is -2.44. The van der Waals surface area contributed by atoms with Gasteiger partial charge in [0.2, 0.25) is 5.91 Å². The lowest BCUT2D eigenvalue weighted by atomic mass is 10.1. The fourth-order valence-electron chi connectivity index (χ4n) is 3.81. The topological polar surface area (TPSA) is 67.4 Å². The van der Waals surface area contributed by atoms with E-state index in [4.69, 9.17) is 4.74 Å². The molecule has 0 bridgehead atoms. The molecule has 31 heavy (non-hydrogen) atoms. The summed E-state index contributed by atoms with van der Waals surface area (Å²) in [5.41, 5.74) is 4.16. The molecule has 0 spiro atoms. The Hall–Kier alpha value is -2.13. The summed E-state index contributed by atoms with van der Waals surface area (Å²) in [6, 6.07) is 8.44. The van der Waals surface area contributed by atoms with Crippen LogP contribution in [-0.4, -0.2) is 46.1 Å². The second-order valence-electron chi connectivity index (χ2n) is 8.01. The fraction of sp³-hybridized carbons (Fsp3) is 0.435. The van der Waals surface area contributed by atoms with Gasteiger partial charge in [0.05, 0.1) is 30.0 Å². The normalized spacial score (nSPS) is 19.5. The van der Waals surface area contributed by atoms with Crippen LogP contribution in [-0.2, 0) is 28.9 Å². The number of hydrogen-bond donors (Lipinski definition) is 1. The molecule has 8 heteroatoms. The van der Waals surface area contributed by atoms with E-state index in [-0.39, 0.29) is 24.5 Å². The number of amides is 1. The predicted molar refractivity (Wildman–Crippen MR) is 127 cm³/mol. The molecule has 1 aromatic carbocycles. The zero-order valence-electron chi connectivity index (χ0n) is 18.1. The van der Waals surface area contributed by atoms with Gasteiger partial charge in [-0.15, -0.1) is 22.7 Å². The van der Waals surface area contributed by atoms with E-state index >= 15 is 0 Å². The molecule has 0 radical (unpaired) electrons. The molecule has 1 amide bonds. The third-order valence-electron chi connectivity index (χ3n) is 5.18. The molecule has 2 unspecified atom stereocenters. The first-order chi connectivity index (χ1) is 15.0. The molecule has 1 aliphatic rings. The smallest absolute Gasteiger partial charge is 0.232 e. The van der Waals surface area contributed by atoms with E-state index in [1.165, 1.54) is 16.9 Å². The lowest BCUT2D eigenvalue weighted by Gasteiger charge is -2.34. The van der Waals surface area contributed by atoms with E-state index < -0.39 is 0 Å². The van der Waals surface area contributed by atoms with Gasteiger partial charge >= 0.3 is 0 Å². The van der Waals surface area contributed by atoms with Crippen molar-refractivity contribution >= 4 is 33.7 Å². The maximum atomic E-state index is 12.5. The minimum Gasteiger partial charge on any atom is -0.373 e. The molecule has 3 aromatic rings. The van der Waals surface area contributed by atoms with Crippen molar-refractivity contribution in [2.45, 2.75) is 52.4 Å². The third-order valence-corrected chi connectivity index (χ3v) is 6.93. The van der Waals surface area contributed by atoms with Crippen LogP contribution in [0, 0.1) is 0 Å². The summed E-state index contributed by atoms with van der Waals surface area (Å²) < 4.78 is 5.79. The quantitative estimate of drug-likeness (QED) is 0.562. The summed E-state index contributed by atoms with van der Waals surface area (Å²) in [6.07, 6.45) is 1.73. The Kier molecular flexibility index (Phi) is 7.12. The fourth-order valence-corrected chi connectivity index (χ4v) is 5.35. The van der Waals surface area contributed by atoms with Gasteiger partial charge in [-0.05, 0) is 25.8 Å². The number of rotatable bonds is 7. The van der Waals surface area contributed by atoms with Gasteiger partial charge in [-0.25, -0.2) is 9.97 Å². The Morgan fingerprint density at radius 2 is 1.81 bits per heavy atom. The number of hydrogen-bond acceptors (Lipinski definition) is 7. The van der Waals surface area contributed by atoms with Crippen LogP contribution in [0.2, 0.25) is 0 Å². The summed E-state index contributed by atoms with van der Waals surface area (Å²) in [5.74, 6) is -0.0901. The number of aromatic nitrogens is 2. The first-order valence-corrected chi connectivity index (χ1v) is 12.4. The van der Waals surface area contributed by atoms with Crippen LogP contribution in [0.15, 0.2) is 35.0 Å². The molecule has 1 aliphatic heterocycles. The van der Waals surface area contributed by atoms with Gasteiger partial charge in [-0.3, -0.25) is 9.69 Å². The average molecular weight is 457 g/mol. The van der Waals surface area contributed by atoms with Gasteiger partial charge in [0.25, 0.3) is 0 Å². The molecule has 3 heterocycles. The molecule has 6 nitrogen and oxygen atoms in total. The molecule has 2 aromatic heterocycles. The van der Waals surface area contributed by atoms with Crippen LogP contribution in [0.1, 0.15) is 37.7 Å². The number of nitrogens with one attached hydrogen (secondary N) is 1. The average Bonchev–Trinajstić information content (AvgIpc) is 3.37. The zero-order valence-corrected chi connectivity index (χ0v) is 19.8. The highest BCUT2D eigenvalue weighted by atomic mass is 32.1. The van der Waals surface area contributed by atoms with Gasteiger partial charge in [-0.1, -0.05) is 31.2 Å². The number of carbonyl (C=O) groups excluding carboxylic acids is 1. The van der Waals surface area contributed by atoms with E-state index in [1.54, 1.807) is 11.3 Å². The standard InChI is InChI=1S/C23H28N4O2S2/c1-4-17-5-7-18(8-6-17)22-24-19(13-30-22)9-21(28)26-23-25-20(14-31-23)12-27-10-15(2)29-16(3)11-27/h5-8,13-16H,4,9-12H2,1-3H3,(H,25,26,28). The van der Waals surface area contributed by atoms with E-state index in [9.17, 15) is 4.79 Å². The number of morpholine rings is 1. The zero-order chi connectivity index (χ0) is 21.8. The largest absolute Gasteiger partial charge is 0.373 e. The Balaban J connectivity index is 1.31. The number of carbonyl (C=O) groups is 1. The molecular weight excluding hydrogens is 428 g/mol. The molecule has 1 saturated heterocycles. The van der Waals surface area contributed by atoms with Crippen molar-refractivity contribution in [1.82, 2.24) is 14.9 Å². The minimum absolute atomic E-state index is 0.0901. The summed E-state index contributed by atoms with van der Waals surface area (Å²) in [4.78, 5) is 24.1. The van der Waals surface area contributed by atoms with Crippen molar-refractivity contribution in [2.24, 2.45) is 0 Å². The molecule has 0 aliphatic carbocycles. The second kappa shape index (κ2) is 9.99. The number of thiazole rings is 2. The number of aryl methyl sites for hydroxylation is 1.